The van der Waals surface area contributed by atoms with Crippen LogP contribution in [0.2, 0.25) is 5.02 Å². The van der Waals surface area contributed by atoms with Gasteiger partial charge in [0.2, 0.25) is 0 Å². The van der Waals surface area contributed by atoms with Crippen molar-refractivity contribution in [2.24, 2.45) is 5.73 Å². The quantitative estimate of drug-likeness (QED) is 0.652. The third-order valence-corrected chi connectivity index (χ3v) is 3.66. The van der Waals surface area contributed by atoms with E-state index in [0.29, 0.717) is 17.8 Å². The lowest BCUT2D eigenvalue weighted by molar-refractivity contribution is -0.385. The number of rotatable bonds is 5. The summed E-state index contributed by atoms with van der Waals surface area (Å²) in [5, 5.41) is 14.3. The molecule has 0 aromatic heterocycles. The van der Waals surface area contributed by atoms with Gasteiger partial charge in [0.1, 0.15) is 0 Å². The van der Waals surface area contributed by atoms with E-state index in [1.165, 1.54) is 6.07 Å². The molecular weight excluding hydrogens is 306 g/mol. The smallest absolute Gasteiger partial charge is 0.272 e. The Bertz CT molecular complexity index is 747. The van der Waals surface area contributed by atoms with Crippen LogP contribution in [-0.2, 0) is 6.54 Å². The Morgan fingerprint density at radius 2 is 2.00 bits per heavy atom. The summed E-state index contributed by atoms with van der Waals surface area (Å²) in [6.07, 6.45) is 0. The molecular formula is C15H14ClN3O3. The predicted molar refractivity (Wildman–Crippen MR) is 85.1 cm³/mol. The van der Waals surface area contributed by atoms with Crippen LogP contribution in [-0.4, -0.2) is 10.8 Å². The van der Waals surface area contributed by atoms with E-state index in [1.807, 2.05) is 0 Å². The van der Waals surface area contributed by atoms with Crippen molar-refractivity contribution in [2.75, 3.05) is 5.32 Å². The number of primary amides is 1. The highest BCUT2D eigenvalue weighted by Gasteiger charge is 2.15. The van der Waals surface area contributed by atoms with Gasteiger partial charge < -0.3 is 11.1 Å². The molecule has 0 atom stereocenters. The maximum Gasteiger partial charge on any atom is 0.272 e. The molecule has 22 heavy (non-hydrogen) atoms. The number of hydrogen-bond acceptors (Lipinski definition) is 4. The van der Waals surface area contributed by atoms with Crippen LogP contribution in [0.15, 0.2) is 36.4 Å². The molecule has 3 N–H and O–H groups in total. The Labute approximate surface area is 132 Å². The maximum atomic E-state index is 11.5. The van der Waals surface area contributed by atoms with Gasteiger partial charge in [0.15, 0.2) is 0 Å². The molecule has 2 aromatic rings. The van der Waals surface area contributed by atoms with Crippen LogP contribution in [0.25, 0.3) is 0 Å². The van der Waals surface area contributed by atoms with E-state index in [0.717, 1.165) is 5.56 Å². The minimum absolute atomic E-state index is 0.0560. The molecule has 7 heteroatoms. The lowest BCUT2D eigenvalue weighted by atomic mass is 10.1. The van der Waals surface area contributed by atoms with Gasteiger partial charge in [0.25, 0.3) is 11.6 Å². The first-order valence-corrected chi connectivity index (χ1v) is 6.84. The molecule has 0 aliphatic carbocycles. The average Bonchev–Trinajstić information content (AvgIpc) is 2.45. The first kappa shape index (κ1) is 15.8. The van der Waals surface area contributed by atoms with Crippen molar-refractivity contribution in [2.45, 2.75) is 13.5 Å². The van der Waals surface area contributed by atoms with E-state index >= 15 is 0 Å². The van der Waals surface area contributed by atoms with Crippen LogP contribution in [0.3, 0.4) is 0 Å². The van der Waals surface area contributed by atoms with Crippen molar-refractivity contribution in [3.05, 3.63) is 68.2 Å². The highest BCUT2D eigenvalue weighted by molar-refractivity contribution is 6.34. The highest BCUT2D eigenvalue weighted by Crippen LogP contribution is 2.26. The van der Waals surface area contributed by atoms with Gasteiger partial charge in [-0.1, -0.05) is 29.8 Å². The van der Waals surface area contributed by atoms with Crippen molar-refractivity contribution in [3.63, 3.8) is 0 Å². The number of nitrogens with two attached hydrogens (primary N) is 1. The third-order valence-electron chi connectivity index (χ3n) is 3.34. The topological polar surface area (TPSA) is 98.3 Å². The molecule has 1 amide bonds. The molecule has 0 aliphatic rings. The van der Waals surface area contributed by atoms with E-state index in [-0.39, 0.29) is 16.3 Å². The molecule has 6 nitrogen and oxygen atoms in total. The van der Waals surface area contributed by atoms with E-state index in [4.69, 9.17) is 17.3 Å². The van der Waals surface area contributed by atoms with Gasteiger partial charge in [-0.3, -0.25) is 14.9 Å². The molecule has 0 fully saturated rings. The standard InChI is InChI=1S/C15H14ClN3O3/c1-9-10(4-2-7-13(9)19(21)22)8-18-12-6-3-5-11(16)14(12)15(17)20/h2-7,18H,8H2,1H3,(H2,17,20). The van der Waals surface area contributed by atoms with Crippen LogP contribution in [0.4, 0.5) is 11.4 Å². The number of carbonyl (C=O) groups excluding carboxylic acids is 1. The van der Waals surface area contributed by atoms with Gasteiger partial charge in [-0.25, -0.2) is 0 Å². The Morgan fingerprint density at radius 3 is 2.64 bits per heavy atom. The molecule has 2 rings (SSSR count). The molecule has 0 unspecified atom stereocenters. The van der Waals surface area contributed by atoms with E-state index < -0.39 is 10.8 Å². The monoisotopic (exact) mass is 319 g/mol. The van der Waals surface area contributed by atoms with Crippen LogP contribution < -0.4 is 11.1 Å². The van der Waals surface area contributed by atoms with Gasteiger partial charge >= 0.3 is 0 Å². The third kappa shape index (κ3) is 3.17. The van der Waals surface area contributed by atoms with Crippen LogP contribution in [0.5, 0.6) is 0 Å². The fraction of sp³-hybridized carbons (Fsp3) is 0.133. The van der Waals surface area contributed by atoms with Crippen LogP contribution >= 0.6 is 11.6 Å². The number of nitrogens with one attached hydrogen (secondary N) is 1. The summed E-state index contributed by atoms with van der Waals surface area (Å²) in [6, 6.07) is 9.80. The molecule has 0 radical (unpaired) electrons. The number of anilines is 1. The van der Waals surface area contributed by atoms with Crippen LogP contribution in [0, 0.1) is 17.0 Å². The van der Waals surface area contributed by atoms with Crippen molar-refractivity contribution in [3.8, 4) is 0 Å². The number of halogens is 1. The number of hydrogen-bond donors (Lipinski definition) is 2. The van der Waals surface area contributed by atoms with Gasteiger partial charge in [0, 0.05) is 23.9 Å². The Morgan fingerprint density at radius 1 is 1.32 bits per heavy atom. The Hall–Kier alpha value is -2.60. The summed E-state index contributed by atoms with van der Waals surface area (Å²) >= 11 is 5.97. The van der Waals surface area contributed by atoms with Crippen molar-refractivity contribution >= 4 is 28.9 Å². The van der Waals surface area contributed by atoms with E-state index in [2.05, 4.69) is 5.32 Å². The molecule has 0 bridgehead atoms. The minimum Gasteiger partial charge on any atom is -0.380 e. The fourth-order valence-electron chi connectivity index (χ4n) is 2.17. The predicted octanol–water partition coefficient (Wildman–Crippen LogP) is 3.27. The maximum absolute atomic E-state index is 11.5. The summed E-state index contributed by atoms with van der Waals surface area (Å²) in [5.74, 6) is -0.635. The molecule has 0 aliphatic heterocycles. The number of nitro groups is 1. The normalized spacial score (nSPS) is 10.3. The average molecular weight is 320 g/mol. The molecule has 0 spiro atoms. The summed E-state index contributed by atoms with van der Waals surface area (Å²) in [7, 11) is 0. The van der Waals surface area contributed by atoms with Crippen molar-refractivity contribution in [1.82, 2.24) is 0 Å². The zero-order chi connectivity index (χ0) is 16.3. The van der Waals surface area contributed by atoms with E-state index in [9.17, 15) is 14.9 Å². The summed E-state index contributed by atoms with van der Waals surface area (Å²) in [5.41, 5.74) is 7.40. The van der Waals surface area contributed by atoms with Gasteiger partial charge in [-0.2, -0.15) is 0 Å². The largest absolute Gasteiger partial charge is 0.380 e. The summed E-state index contributed by atoms with van der Waals surface area (Å²) in [4.78, 5) is 22.0. The summed E-state index contributed by atoms with van der Waals surface area (Å²) < 4.78 is 0. The SMILES string of the molecule is Cc1c(CNc2cccc(Cl)c2C(N)=O)cccc1[N+](=O)[O-]. The number of amides is 1. The number of carbonyl (C=O) groups is 1. The summed E-state index contributed by atoms with van der Waals surface area (Å²) in [6.45, 7) is 2.00. The lowest BCUT2D eigenvalue weighted by Gasteiger charge is -2.12. The fourth-order valence-corrected chi connectivity index (χ4v) is 2.44. The highest BCUT2D eigenvalue weighted by atomic mass is 35.5. The van der Waals surface area contributed by atoms with Crippen LogP contribution in [0.1, 0.15) is 21.5 Å². The van der Waals surface area contributed by atoms with Crippen molar-refractivity contribution in [1.29, 1.82) is 0 Å². The Balaban J connectivity index is 2.29. The van der Waals surface area contributed by atoms with E-state index in [1.54, 1.807) is 37.3 Å². The molecule has 114 valence electrons. The minimum atomic E-state index is -0.635. The second kappa shape index (κ2) is 6.44. The second-order valence-electron chi connectivity index (χ2n) is 4.70. The molecule has 2 aromatic carbocycles. The van der Waals surface area contributed by atoms with Gasteiger partial charge in [-0.05, 0) is 24.6 Å². The van der Waals surface area contributed by atoms with Gasteiger partial charge in [-0.15, -0.1) is 0 Å². The van der Waals surface area contributed by atoms with Crippen molar-refractivity contribution < 1.29 is 9.72 Å². The first-order valence-electron chi connectivity index (χ1n) is 6.47. The number of benzene rings is 2. The first-order chi connectivity index (χ1) is 10.4. The molecule has 0 saturated carbocycles. The number of nitrogens with zero attached hydrogens (tertiary/aromatic N) is 1. The number of nitro benzene ring substituents is 1. The molecule has 0 heterocycles. The zero-order valence-corrected chi connectivity index (χ0v) is 12.6. The molecule has 0 saturated heterocycles. The zero-order valence-electron chi connectivity index (χ0n) is 11.8. The van der Waals surface area contributed by atoms with Gasteiger partial charge in [0.05, 0.1) is 15.5 Å². The Kier molecular flexibility index (Phi) is 4.62. The lowest BCUT2D eigenvalue weighted by Crippen LogP contribution is -2.15. The second-order valence-corrected chi connectivity index (χ2v) is 5.11.